The van der Waals surface area contributed by atoms with Crippen LogP contribution in [0.2, 0.25) is 5.02 Å². The van der Waals surface area contributed by atoms with Crippen LogP contribution in [-0.2, 0) is 11.3 Å². The molecular weight excluding hydrogens is 284 g/mol. The van der Waals surface area contributed by atoms with Crippen molar-refractivity contribution >= 4 is 23.3 Å². The molecule has 0 bridgehead atoms. The number of hydrogen-bond acceptors (Lipinski definition) is 4. The second kappa shape index (κ2) is 7.21. The smallest absolute Gasteiger partial charge is 0.304 e. The predicted molar refractivity (Wildman–Crippen MR) is 75.9 cm³/mol. The van der Waals surface area contributed by atoms with Crippen LogP contribution in [0.5, 0.6) is 0 Å². The van der Waals surface area contributed by atoms with E-state index in [1.165, 1.54) is 12.1 Å². The number of carboxylic acids is 1. The summed E-state index contributed by atoms with van der Waals surface area (Å²) in [5, 5.41) is 19.7. The fourth-order valence-corrected chi connectivity index (χ4v) is 1.99. The fourth-order valence-electron chi connectivity index (χ4n) is 1.76. The standard InChI is InChI=1S/C13H17ClN2O4/c1-9(2)15(6-5-13(17)18)8-10-3-4-11(16(19)20)7-12(10)14/h3-4,7,9H,5-6,8H2,1-2H3,(H,17,18). The maximum atomic E-state index is 10.6. The third kappa shape index (κ3) is 4.79. The average Bonchev–Trinajstić information content (AvgIpc) is 2.35. The number of aliphatic carboxylic acids is 1. The highest BCUT2D eigenvalue weighted by atomic mass is 35.5. The van der Waals surface area contributed by atoms with Crippen LogP contribution < -0.4 is 0 Å². The van der Waals surface area contributed by atoms with Gasteiger partial charge in [-0.1, -0.05) is 11.6 Å². The van der Waals surface area contributed by atoms with Crippen molar-refractivity contribution < 1.29 is 14.8 Å². The Bertz CT molecular complexity index is 505. The summed E-state index contributed by atoms with van der Waals surface area (Å²) in [5.74, 6) is -0.856. The molecule has 0 amide bonds. The Kier molecular flexibility index (Phi) is 5.91. The van der Waals surface area contributed by atoms with E-state index in [0.29, 0.717) is 18.1 Å². The van der Waals surface area contributed by atoms with Gasteiger partial charge in [-0.2, -0.15) is 0 Å². The van der Waals surface area contributed by atoms with Crippen molar-refractivity contribution in [2.75, 3.05) is 6.54 Å². The quantitative estimate of drug-likeness (QED) is 0.618. The molecule has 0 saturated heterocycles. The highest BCUT2D eigenvalue weighted by Gasteiger charge is 2.15. The van der Waals surface area contributed by atoms with E-state index >= 15 is 0 Å². The van der Waals surface area contributed by atoms with Gasteiger partial charge in [0.25, 0.3) is 5.69 Å². The van der Waals surface area contributed by atoms with Crippen molar-refractivity contribution in [3.8, 4) is 0 Å². The van der Waals surface area contributed by atoms with Gasteiger partial charge in [-0.05, 0) is 25.5 Å². The summed E-state index contributed by atoms with van der Waals surface area (Å²) in [6.07, 6.45) is 0.0444. The first-order valence-electron chi connectivity index (χ1n) is 6.20. The molecule has 20 heavy (non-hydrogen) atoms. The maximum absolute atomic E-state index is 10.6. The molecule has 0 radical (unpaired) electrons. The van der Waals surface area contributed by atoms with Crippen molar-refractivity contribution in [3.05, 3.63) is 38.9 Å². The van der Waals surface area contributed by atoms with Crippen molar-refractivity contribution in [2.45, 2.75) is 32.9 Å². The number of hydrogen-bond donors (Lipinski definition) is 1. The summed E-state index contributed by atoms with van der Waals surface area (Å²) in [6, 6.07) is 4.47. The van der Waals surface area contributed by atoms with Crippen LogP contribution in [0.25, 0.3) is 0 Å². The first-order chi connectivity index (χ1) is 9.31. The van der Waals surface area contributed by atoms with E-state index in [9.17, 15) is 14.9 Å². The Balaban J connectivity index is 2.83. The van der Waals surface area contributed by atoms with Crippen LogP contribution in [0.15, 0.2) is 18.2 Å². The van der Waals surface area contributed by atoms with Gasteiger partial charge in [-0.3, -0.25) is 19.8 Å². The zero-order valence-corrected chi connectivity index (χ0v) is 12.1. The largest absolute Gasteiger partial charge is 0.481 e. The molecule has 0 aliphatic heterocycles. The lowest BCUT2D eigenvalue weighted by molar-refractivity contribution is -0.384. The Labute approximate surface area is 122 Å². The summed E-state index contributed by atoms with van der Waals surface area (Å²) in [6.45, 7) is 4.78. The van der Waals surface area contributed by atoms with Crippen LogP contribution in [0, 0.1) is 10.1 Å². The minimum atomic E-state index is -0.856. The fraction of sp³-hybridized carbons (Fsp3) is 0.462. The molecule has 1 rings (SSSR count). The molecular formula is C13H17ClN2O4. The highest BCUT2D eigenvalue weighted by Crippen LogP contribution is 2.24. The van der Waals surface area contributed by atoms with Gasteiger partial charge in [0.1, 0.15) is 0 Å². The molecule has 0 unspecified atom stereocenters. The number of non-ortho nitro benzene ring substituents is 1. The van der Waals surface area contributed by atoms with Crippen LogP contribution in [0.4, 0.5) is 5.69 Å². The summed E-state index contributed by atoms with van der Waals surface area (Å²) in [5.41, 5.74) is 0.691. The van der Waals surface area contributed by atoms with Gasteiger partial charge < -0.3 is 5.11 Å². The molecule has 0 aromatic heterocycles. The highest BCUT2D eigenvalue weighted by molar-refractivity contribution is 6.31. The lowest BCUT2D eigenvalue weighted by Crippen LogP contribution is -2.32. The van der Waals surface area contributed by atoms with Crippen molar-refractivity contribution in [1.29, 1.82) is 0 Å². The van der Waals surface area contributed by atoms with Crippen LogP contribution in [-0.4, -0.2) is 33.5 Å². The summed E-state index contributed by atoms with van der Waals surface area (Å²) in [7, 11) is 0. The van der Waals surface area contributed by atoms with E-state index in [-0.39, 0.29) is 18.2 Å². The van der Waals surface area contributed by atoms with Crippen LogP contribution >= 0.6 is 11.6 Å². The summed E-state index contributed by atoms with van der Waals surface area (Å²) < 4.78 is 0. The zero-order chi connectivity index (χ0) is 15.3. The molecule has 0 aliphatic carbocycles. The number of benzene rings is 1. The third-order valence-corrected chi connectivity index (χ3v) is 3.32. The van der Waals surface area contributed by atoms with Crippen molar-refractivity contribution in [2.24, 2.45) is 0 Å². The molecule has 0 atom stereocenters. The van der Waals surface area contributed by atoms with Crippen LogP contribution in [0.3, 0.4) is 0 Å². The zero-order valence-electron chi connectivity index (χ0n) is 11.4. The van der Waals surface area contributed by atoms with Gasteiger partial charge >= 0.3 is 5.97 Å². The number of rotatable bonds is 7. The average molecular weight is 301 g/mol. The molecule has 0 fully saturated rings. The Morgan fingerprint density at radius 3 is 2.60 bits per heavy atom. The normalized spacial score (nSPS) is 11.1. The molecule has 1 aromatic rings. The lowest BCUT2D eigenvalue weighted by Gasteiger charge is -2.26. The first kappa shape index (κ1) is 16.4. The molecule has 0 saturated carbocycles. The van der Waals surface area contributed by atoms with Crippen molar-refractivity contribution in [3.63, 3.8) is 0 Å². The molecule has 7 heteroatoms. The van der Waals surface area contributed by atoms with E-state index in [1.54, 1.807) is 6.07 Å². The molecule has 0 aliphatic rings. The Morgan fingerprint density at radius 2 is 2.15 bits per heavy atom. The molecule has 1 aromatic carbocycles. The number of nitrogens with zero attached hydrogens (tertiary/aromatic N) is 2. The second-order valence-electron chi connectivity index (χ2n) is 4.74. The Morgan fingerprint density at radius 1 is 1.50 bits per heavy atom. The molecule has 110 valence electrons. The summed E-state index contributed by atoms with van der Waals surface area (Å²) >= 11 is 6.04. The number of nitro benzene ring substituents is 1. The van der Waals surface area contributed by atoms with E-state index in [4.69, 9.17) is 16.7 Å². The van der Waals surface area contributed by atoms with E-state index in [2.05, 4.69) is 0 Å². The minimum Gasteiger partial charge on any atom is -0.481 e. The molecule has 0 spiro atoms. The maximum Gasteiger partial charge on any atom is 0.304 e. The molecule has 6 nitrogen and oxygen atoms in total. The number of carbonyl (C=O) groups is 1. The SMILES string of the molecule is CC(C)N(CCC(=O)O)Cc1ccc([N+](=O)[O-])cc1Cl. The Hall–Kier alpha value is -1.66. The summed E-state index contributed by atoms with van der Waals surface area (Å²) in [4.78, 5) is 22.7. The lowest BCUT2D eigenvalue weighted by atomic mass is 10.1. The van der Waals surface area contributed by atoms with Gasteiger partial charge in [0, 0.05) is 31.3 Å². The van der Waals surface area contributed by atoms with Crippen molar-refractivity contribution in [1.82, 2.24) is 4.90 Å². The minimum absolute atomic E-state index is 0.0444. The third-order valence-electron chi connectivity index (χ3n) is 2.96. The molecule has 0 heterocycles. The predicted octanol–water partition coefficient (Wildman–Crippen LogP) is 2.93. The second-order valence-corrected chi connectivity index (χ2v) is 5.15. The first-order valence-corrected chi connectivity index (χ1v) is 6.57. The van der Waals surface area contributed by atoms with Gasteiger partial charge in [0.2, 0.25) is 0 Å². The topological polar surface area (TPSA) is 83.7 Å². The van der Waals surface area contributed by atoms with Gasteiger partial charge in [-0.15, -0.1) is 0 Å². The number of nitro groups is 1. The van der Waals surface area contributed by atoms with E-state index in [1.807, 2.05) is 18.7 Å². The van der Waals surface area contributed by atoms with Gasteiger partial charge in [-0.25, -0.2) is 0 Å². The van der Waals surface area contributed by atoms with Gasteiger partial charge in [0.15, 0.2) is 0 Å². The van der Waals surface area contributed by atoms with Gasteiger partial charge in [0.05, 0.1) is 16.4 Å². The monoisotopic (exact) mass is 300 g/mol. The van der Waals surface area contributed by atoms with E-state index < -0.39 is 10.9 Å². The molecule has 1 N–H and O–H groups in total. The van der Waals surface area contributed by atoms with Crippen LogP contribution in [0.1, 0.15) is 25.8 Å². The number of carboxylic acid groups (broad SMARTS) is 1. The van der Waals surface area contributed by atoms with E-state index in [0.717, 1.165) is 5.56 Å². The number of halogens is 1.